The first kappa shape index (κ1) is 27.9. The Kier molecular flexibility index (Phi) is 10.7. The van der Waals surface area contributed by atoms with E-state index in [1.807, 2.05) is 67.6 Å². The number of hydrogen-bond acceptors (Lipinski definition) is 7. The number of methoxy groups -OCH3 is 1. The third-order valence-corrected chi connectivity index (χ3v) is 6.24. The quantitative estimate of drug-likeness (QED) is 0.233. The van der Waals surface area contributed by atoms with Crippen molar-refractivity contribution in [3.05, 3.63) is 77.4 Å². The number of rotatable bonds is 12. The number of nitrogens with zero attached hydrogens (tertiary/aromatic N) is 1. The van der Waals surface area contributed by atoms with Crippen LogP contribution in [-0.4, -0.2) is 55.7 Å². The van der Waals surface area contributed by atoms with Gasteiger partial charge in [-0.3, -0.25) is 14.5 Å². The van der Waals surface area contributed by atoms with E-state index in [-0.39, 0.29) is 32.0 Å². The number of hydrogen-bond donors (Lipinski definition) is 0. The van der Waals surface area contributed by atoms with Crippen molar-refractivity contribution in [3.63, 3.8) is 0 Å². The predicted octanol–water partition coefficient (Wildman–Crippen LogP) is 4.71. The first-order valence-corrected chi connectivity index (χ1v) is 12.5. The molecule has 0 N–H and O–H groups in total. The van der Waals surface area contributed by atoms with Crippen molar-refractivity contribution in [2.75, 3.05) is 26.9 Å². The number of amides is 1. The van der Waals surface area contributed by atoms with Crippen LogP contribution in [0.1, 0.15) is 37.8 Å². The summed E-state index contributed by atoms with van der Waals surface area (Å²) in [4.78, 5) is 39.8. The first-order valence-electron chi connectivity index (χ1n) is 12.5. The van der Waals surface area contributed by atoms with Crippen molar-refractivity contribution in [1.29, 1.82) is 0 Å². The third-order valence-electron chi connectivity index (χ3n) is 6.24. The molecule has 1 saturated heterocycles. The van der Waals surface area contributed by atoms with Crippen LogP contribution in [0.5, 0.6) is 5.75 Å². The lowest BCUT2D eigenvalue weighted by Gasteiger charge is -2.22. The minimum Gasteiger partial charge on any atom is -0.497 e. The Morgan fingerprint density at radius 3 is 2.32 bits per heavy atom. The van der Waals surface area contributed by atoms with Crippen molar-refractivity contribution in [2.24, 2.45) is 5.92 Å². The summed E-state index contributed by atoms with van der Waals surface area (Å²) in [6, 6.07) is 16.1. The fourth-order valence-corrected chi connectivity index (χ4v) is 4.09. The third kappa shape index (κ3) is 7.92. The maximum Gasteiger partial charge on any atom is 0.410 e. The van der Waals surface area contributed by atoms with E-state index in [4.69, 9.17) is 18.9 Å². The van der Waals surface area contributed by atoms with E-state index in [0.29, 0.717) is 13.2 Å². The molecule has 2 aromatic carbocycles. The van der Waals surface area contributed by atoms with Gasteiger partial charge < -0.3 is 18.9 Å². The number of carbonyl (C=O) groups is 3. The molecule has 0 spiro atoms. The van der Waals surface area contributed by atoms with Crippen LogP contribution in [0.4, 0.5) is 4.79 Å². The Hall–Kier alpha value is -3.65. The number of ether oxygens (including phenoxy) is 4. The summed E-state index contributed by atoms with van der Waals surface area (Å²) in [6.45, 7) is 4.71. The zero-order valence-corrected chi connectivity index (χ0v) is 21.7. The molecular weight excluding hydrogens is 474 g/mol. The summed E-state index contributed by atoms with van der Waals surface area (Å²) < 4.78 is 21.6. The lowest BCUT2D eigenvalue weighted by atomic mass is 10.0. The SMILES string of the molecule is CCOC(=O)C1CN(C(=O)OCc2ccccc2)C(C/C=C(\CC)COCc2ccc(OC)cc2)C1=O. The van der Waals surface area contributed by atoms with Crippen LogP contribution in [0.15, 0.2) is 66.2 Å². The molecular formula is C29H35NO7. The maximum atomic E-state index is 13.1. The highest BCUT2D eigenvalue weighted by molar-refractivity contribution is 6.05. The molecule has 1 aliphatic rings. The van der Waals surface area contributed by atoms with Crippen molar-refractivity contribution in [3.8, 4) is 5.75 Å². The standard InChI is InChI=1S/C29H35NO7/c1-4-21(18-35-19-23-11-14-24(34-3)15-12-23)13-16-26-27(31)25(28(32)36-5-2)17-30(26)29(33)37-20-22-9-7-6-8-10-22/h6-15,25-26H,4-5,16-20H2,1-3H3/b21-13+. The number of esters is 1. The van der Waals surface area contributed by atoms with E-state index in [0.717, 1.165) is 28.9 Å². The van der Waals surface area contributed by atoms with Crippen molar-refractivity contribution < 1.29 is 33.3 Å². The summed E-state index contributed by atoms with van der Waals surface area (Å²) >= 11 is 0. The average Bonchev–Trinajstić information content (AvgIpc) is 3.26. The van der Waals surface area contributed by atoms with Crippen LogP contribution in [0.3, 0.4) is 0 Å². The Balaban J connectivity index is 1.64. The molecule has 0 aliphatic carbocycles. The molecule has 37 heavy (non-hydrogen) atoms. The lowest BCUT2D eigenvalue weighted by Crippen LogP contribution is -2.38. The molecule has 8 nitrogen and oxygen atoms in total. The number of likely N-dealkylation sites (tertiary alicyclic amines) is 1. The molecule has 2 aromatic rings. The van der Waals surface area contributed by atoms with Gasteiger partial charge in [0.2, 0.25) is 0 Å². The van der Waals surface area contributed by atoms with Crippen molar-refractivity contribution >= 4 is 17.8 Å². The molecule has 8 heteroatoms. The second-order valence-electron chi connectivity index (χ2n) is 8.71. The molecule has 198 valence electrons. The van der Waals surface area contributed by atoms with E-state index in [1.54, 1.807) is 14.0 Å². The van der Waals surface area contributed by atoms with E-state index in [1.165, 1.54) is 4.90 Å². The molecule has 1 fully saturated rings. The average molecular weight is 510 g/mol. The van der Waals surface area contributed by atoms with Gasteiger partial charge in [0.05, 0.1) is 33.0 Å². The highest BCUT2D eigenvalue weighted by Gasteiger charge is 2.47. The zero-order chi connectivity index (χ0) is 26.6. The second kappa shape index (κ2) is 14.2. The van der Waals surface area contributed by atoms with Crippen LogP contribution in [0, 0.1) is 5.92 Å². The van der Waals surface area contributed by atoms with Gasteiger partial charge in [-0.2, -0.15) is 0 Å². The smallest absolute Gasteiger partial charge is 0.410 e. The largest absolute Gasteiger partial charge is 0.497 e. The summed E-state index contributed by atoms with van der Waals surface area (Å²) in [6.07, 6.45) is 2.28. The number of ketones is 1. The van der Waals surface area contributed by atoms with Gasteiger partial charge in [-0.25, -0.2) is 4.79 Å². The lowest BCUT2D eigenvalue weighted by molar-refractivity contribution is -0.150. The summed E-state index contributed by atoms with van der Waals surface area (Å²) in [7, 11) is 1.62. The molecule has 1 amide bonds. The molecule has 1 aliphatic heterocycles. The fourth-order valence-electron chi connectivity index (χ4n) is 4.09. The highest BCUT2D eigenvalue weighted by atomic mass is 16.6. The molecule has 3 rings (SSSR count). The van der Waals surface area contributed by atoms with Gasteiger partial charge in [0, 0.05) is 6.54 Å². The monoisotopic (exact) mass is 509 g/mol. The van der Waals surface area contributed by atoms with Gasteiger partial charge in [0.15, 0.2) is 5.78 Å². The van der Waals surface area contributed by atoms with Crippen LogP contribution in [0.2, 0.25) is 0 Å². The molecule has 2 atom stereocenters. The molecule has 0 bridgehead atoms. The van der Waals surface area contributed by atoms with Gasteiger partial charge >= 0.3 is 12.1 Å². The Morgan fingerprint density at radius 2 is 1.68 bits per heavy atom. The molecule has 0 radical (unpaired) electrons. The topological polar surface area (TPSA) is 91.4 Å². The Bertz CT molecular complexity index is 1070. The molecule has 0 aromatic heterocycles. The summed E-state index contributed by atoms with van der Waals surface area (Å²) in [5.74, 6) is -1.18. The minimum absolute atomic E-state index is 0.0563. The highest BCUT2D eigenvalue weighted by Crippen LogP contribution is 2.26. The molecule has 0 saturated carbocycles. The van der Waals surface area contributed by atoms with E-state index >= 15 is 0 Å². The Morgan fingerprint density at radius 1 is 0.973 bits per heavy atom. The number of benzene rings is 2. The Labute approximate surface area is 218 Å². The van der Waals surface area contributed by atoms with E-state index < -0.39 is 24.0 Å². The first-order chi connectivity index (χ1) is 18.0. The van der Waals surface area contributed by atoms with Gasteiger partial charge in [-0.1, -0.05) is 55.5 Å². The minimum atomic E-state index is -1.01. The van der Waals surface area contributed by atoms with Crippen LogP contribution in [0.25, 0.3) is 0 Å². The summed E-state index contributed by atoms with van der Waals surface area (Å²) in [5.41, 5.74) is 2.85. The normalized spacial score (nSPS) is 17.5. The summed E-state index contributed by atoms with van der Waals surface area (Å²) in [5, 5.41) is 0. The van der Waals surface area contributed by atoms with Gasteiger partial charge in [-0.15, -0.1) is 0 Å². The van der Waals surface area contributed by atoms with Gasteiger partial charge in [0.1, 0.15) is 18.3 Å². The van der Waals surface area contributed by atoms with E-state index in [9.17, 15) is 14.4 Å². The van der Waals surface area contributed by atoms with Gasteiger partial charge in [-0.05, 0) is 48.6 Å². The zero-order valence-electron chi connectivity index (χ0n) is 21.7. The van der Waals surface area contributed by atoms with Gasteiger partial charge in [0.25, 0.3) is 0 Å². The van der Waals surface area contributed by atoms with E-state index in [2.05, 4.69) is 0 Å². The van der Waals surface area contributed by atoms with Crippen molar-refractivity contribution in [1.82, 2.24) is 4.90 Å². The predicted molar refractivity (Wildman–Crippen MR) is 138 cm³/mol. The molecule has 1 heterocycles. The van der Waals surface area contributed by atoms with Crippen LogP contribution < -0.4 is 4.74 Å². The maximum absolute atomic E-state index is 13.1. The fraction of sp³-hybridized carbons (Fsp3) is 0.414. The van der Waals surface area contributed by atoms with Crippen molar-refractivity contribution in [2.45, 2.75) is 45.9 Å². The number of carbonyl (C=O) groups excluding carboxylic acids is 3. The number of Topliss-reactive ketones (excluding diaryl/α,β-unsaturated/α-hetero) is 1. The van der Waals surface area contributed by atoms with Crippen LogP contribution in [-0.2, 0) is 37.0 Å². The second-order valence-corrected chi connectivity index (χ2v) is 8.71. The van der Waals surface area contributed by atoms with Crippen LogP contribution >= 0.6 is 0 Å². The molecule has 2 unspecified atom stereocenters.